The third-order valence-electron chi connectivity index (χ3n) is 2.88. The van der Waals surface area contributed by atoms with Gasteiger partial charge in [-0.1, -0.05) is 6.08 Å². The molecule has 1 heterocycles. The Morgan fingerprint density at radius 2 is 2.16 bits per heavy atom. The molecular weight excluding hydrogens is 272 g/mol. The van der Waals surface area contributed by atoms with Crippen molar-refractivity contribution >= 4 is 21.8 Å². The standard InChI is InChI=1S/C11H18N2O5S/c1-2-3-9(10(14)15)13-11(16)12-6-8-4-5-19(17,18)7-8/h2,8-9H,1,3-7H2,(H,14,15)(H2,12,13,16). The van der Waals surface area contributed by atoms with Crippen LogP contribution in [0, 0.1) is 5.92 Å². The Morgan fingerprint density at radius 3 is 2.63 bits per heavy atom. The lowest BCUT2D eigenvalue weighted by atomic mass is 10.1. The molecule has 19 heavy (non-hydrogen) atoms. The van der Waals surface area contributed by atoms with E-state index in [1.54, 1.807) is 0 Å². The van der Waals surface area contributed by atoms with Crippen LogP contribution in [0.5, 0.6) is 0 Å². The number of carbonyl (C=O) groups is 2. The van der Waals surface area contributed by atoms with Crippen molar-refractivity contribution in [2.24, 2.45) is 5.92 Å². The molecule has 0 spiro atoms. The van der Waals surface area contributed by atoms with E-state index in [2.05, 4.69) is 17.2 Å². The van der Waals surface area contributed by atoms with Crippen LogP contribution in [0.15, 0.2) is 12.7 Å². The Balaban J connectivity index is 2.35. The number of rotatable bonds is 6. The summed E-state index contributed by atoms with van der Waals surface area (Å²) in [7, 11) is -2.97. The molecule has 1 fully saturated rings. The number of urea groups is 1. The molecule has 2 amide bonds. The predicted molar refractivity (Wildman–Crippen MR) is 69.5 cm³/mol. The monoisotopic (exact) mass is 290 g/mol. The molecule has 2 unspecified atom stereocenters. The fourth-order valence-corrected chi connectivity index (χ4v) is 3.73. The van der Waals surface area contributed by atoms with Gasteiger partial charge < -0.3 is 15.7 Å². The molecule has 0 aromatic heterocycles. The van der Waals surface area contributed by atoms with E-state index in [4.69, 9.17) is 5.11 Å². The van der Waals surface area contributed by atoms with Gasteiger partial charge in [0.1, 0.15) is 6.04 Å². The minimum atomic E-state index is -2.97. The molecule has 0 aromatic rings. The Kier molecular flexibility index (Phi) is 5.34. The number of hydrogen-bond acceptors (Lipinski definition) is 4. The number of nitrogens with one attached hydrogen (secondary N) is 2. The Morgan fingerprint density at radius 1 is 1.47 bits per heavy atom. The lowest BCUT2D eigenvalue weighted by Crippen LogP contribution is -2.46. The van der Waals surface area contributed by atoms with Crippen LogP contribution in [0.3, 0.4) is 0 Å². The summed E-state index contributed by atoms with van der Waals surface area (Å²) in [5, 5.41) is 13.6. The second-order valence-corrected chi connectivity index (χ2v) is 6.77. The van der Waals surface area contributed by atoms with Crippen molar-refractivity contribution in [3.63, 3.8) is 0 Å². The van der Waals surface area contributed by atoms with E-state index in [-0.39, 0.29) is 30.4 Å². The van der Waals surface area contributed by atoms with E-state index in [0.717, 1.165) is 0 Å². The molecular formula is C11H18N2O5S. The summed E-state index contributed by atoms with van der Waals surface area (Å²) in [6, 6.07) is -1.64. The molecule has 3 N–H and O–H groups in total. The van der Waals surface area contributed by atoms with Crippen molar-refractivity contribution in [1.82, 2.24) is 10.6 Å². The Labute approximate surface area is 112 Å². The molecule has 0 saturated carbocycles. The topological polar surface area (TPSA) is 113 Å². The third kappa shape index (κ3) is 5.29. The first-order chi connectivity index (χ1) is 8.84. The van der Waals surface area contributed by atoms with E-state index in [1.165, 1.54) is 6.08 Å². The maximum atomic E-state index is 11.5. The fourth-order valence-electron chi connectivity index (χ4n) is 1.87. The number of carboxylic acids is 1. The highest BCUT2D eigenvalue weighted by Gasteiger charge is 2.28. The lowest BCUT2D eigenvalue weighted by Gasteiger charge is -2.15. The number of hydrogen-bond donors (Lipinski definition) is 3. The van der Waals surface area contributed by atoms with Gasteiger partial charge in [-0.05, 0) is 18.8 Å². The van der Waals surface area contributed by atoms with Gasteiger partial charge in [0.2, 0.25) is 0 Å². The van der Waals surface area contributed by atoms with Gasteiger partial charge in [0.05, 0.1) is 11.5 Å². The van der Waals surface area contributed by atoms with Gasteiger partial charge in [-0.15, -0.1) is 6.58 Å². The molecule has 1 aliphatic heterocycles. The second-order valence-electron chi connectivity index (χ2n) is 4.54. The summed E-state index contributed by atoms with van der Waals surface area (Å²) < 4.78 is 22.4. The van der Waals surface area contributed by atoms with Crippen molar-refractivity contribution in [2.45, 2.75) is 18.9 Å². The SMILES string of the molecule is C=CCC(NC(=O)NCC1CCS(=O)(=O)C1)C(=O)O. The Bertz CT molecular complexity index is 460. The number of carboxylic acid groups (broad SMARTS) is 1. The van der Waals surface area contributed by atoms with Gasteiger partial charge >= 0.3 is 12.0 Å². The van der Waals surface area contributed by atoms with Gasteiger partial charge in [0.25, 0.3) is 0 Å². The van der Waals surface area contributed by atoms with E-state index >= 15 is 0 Å². The number of aliphatic carboxylic acids is 1. The number of amides is 2. The summed E-state index contributed by atoms with van der Waals surface area (Å²) in [4.78, 5) is 22.3. The third-order valence-corrected chi connectivity index (χ3v) is 4.72. The van der Waals surface area contributed by atoms with Crippen LogP contribution in [0.2, 0.25) is 0 Å². The summed E-state index contributed by atoms with van der Waals surface area (Å²) in [5.74, 6) is -1.02. The van der Waals surface area contributed by atoms with E-state index in [9.17, 15) is 18.0 Å². The van der Waals surface area contributed by atoms with Crippen LogP contribution in [0.25, 0.3) is 0 Å². The average molecular weight is 290 g/mol. The van der Waals surface area contributed by atoms with Crippen LogP contribution in [-0.2, 0) is 14.6 Å². The highest BCUT2D eigenvalue weighted by Crippen LogP contribution is 2.17. The fraction of sp³-hybridized carbons (Fsp3) is 0.636. The van der Waals surface area contributed by atoms with Gasteiger partial charge in [-0.25, -0.2) is 18.0 Å². The van der Waals surface area contributed by atoms with E-state index < -0.39 is 27.9 Å². The number of carbonyl (C=O) groups excluding carboxylic acids is 1. The first kappa shape index (κ1) is 15.5. The largest absolute Gasteiger partial charge is 0.480 e. The maximum absolute atomic E-state index is 11.5. The van der Waals surface area contributed by atoms with Crippen molar-refractivity contribution in [3.8, 4) is 0 Å². The molecule has 0 bridgehead atoms. The smallest absolute Gasteiger partial charge is 0.326 e. The molecule has 2 atom stereocenters. The van der Waals surface area contributed by atoms with E-state index in [0.29, 0.717) is 6.42 Å². The minimum absolute atomic E-state index is 0.0717. The van der Waals surface area contributed by atoms with Gasteiger partial charge in [0.15, 0.2) is 9.84 Å². The van der Waals surface area contributed by atoms with Crippen LogP contribution >= 0.6 is 0 Å². The van der Waals surface area contributed by atoms with Crippen molar-refractivity contribution < 1.29 is 23.1 Å². The Hall–Kier alpha value is -1.57. The molecule has 7 nitrogen and oxygen atoms in total. The maximum Gasteiger partial charge on any atom is 0.326 e. The summed E-state index contributed by atoms with van der Waals surface area (Å²) in [6.45, 7) is 3.64. The normalized spacial score (nSPS) is 22.4. The first-order valence-electron chi connectivity index (χ1n) is 5.92. The summed E-state index contributed by atoms with van der Waals surface area (Å²) in [6.07, 6.45) is 2.06. The van der Waals surface area contributed by atoms with Crippen molar-refractivity contribution in [2.75, 3.05) is 18.1 Å². The second kappa shape index (κ2) is 6.55. The first-order valence-corrected chi connectivity index (χ1v) is 7.74. The summed E-state index contributed by atoms with van der Waals surface area (Å²) in [5.41, 5.74) is 0. The van der Waals surface area contributed by atoms with E-state index in [1.807, 2.05) is 0 Å². The zero-order chi connectivity index (χ0) is 14.5. The molecule has 0 radical (unpaired) electrons. The van der Waals surface area contributed by atoms with Crippen molar-refractivity contribution in [1.29, 1.82) is 0 Å². The lowest BCUT2D eigenvalue weighted by molar-refractivity contribution is -0.139. The minimum Gasteiger partial charge on any atom is -0.480 e. The van der Waals surface area contributed by atoms with Crippen LogP contribution < -0.4 is 10.6 Å². The zero-order valence-electron chi connectivity index (χ0n) is 10.5. The molecule has 0 aromatic carbocycles. The highest BCUT2D eigenvalue weighted by molar-refractivity contribution is 7.91. The zero-order valence-corrected chi connectivity index (χ0v) is 11.3. The van der Waals surface area contributed by atoms with Crippen LogP contribution in [-0.4, -0.2) is 49.6 Å². The highest BCUT2D eigenvalue weighted by atomic mass is 32.2. The predicted octanol–water partition coefficient (Wildman–Crippen LogP) is -0.250. The molecule has 1 saturated heterocycles. The molecule has 108 valence electrons. The van der Waals surface area contributed by atoms with Crippen molar-refractivity contribution in [3.05, 3.63) is 12.7 Å². The molecule has 8 heteroatoms. The molecule has 1 aliphatic rings. The quantitative estimate of drug-likeness (QED) is 0.584. The summed E-state index contributed by atoms with van der Waals surface area (Å²) >= 11 is 0. The number of sulfone groups is 1. The van der Waals surface area contributed by atoms with Gasteiger partial charge in [0, 0.05) is 6.54 Å². The van der Waals surface area contributed by atoms with Gasteiger partial charge in [-0.2, -0.15) is 0 Å². The molecule has 1 rings (SSSR count). The van der Waals surface area contributed by atoms with Crippen LogP contribution in [0.1, 0.15) is 12.8 Å². The van der Waals surface area contributed by atoms with Gasteiger partial charge in [-0.3, -0.25) is 0 Å². The van der Waals surface area contributed by atoms with Crippen LogP contribution in [0.4, 0.5) is 4.79 Å². The average Bonchev–Trinajstić information content (AvgIpc) is 2.66. The molecule has 0 aliphatic carbocycles.